The van der Waals surface area contributed by atoms with Crippen LogP contribution in [-0.2, 0) is 4.79 Å². The summed E-state index contributed by atoms with van der Waals surface area (Å²) >= 11 is 0. The summed E-state index contributed by atoms with van der Waals surface area (Å²) in [7, 11) is 0. The van der Waals surface area contributed by atoms with Gasteiger partial charge in [-0.2, -0.15) is 10.1 Å². The topological polar surface area (TPSA) is 69.0 Å². The molecule has 4 rings (SSSR count). The van der Waals surface area contributed by atoms with Crippen LogP contribution in [0.25, 0.3) is 0 Å². The van der Waals surface area contributed by atoms with Gasteiger partial charge in [0, 0.05) is 17.7 Å². The predicted octanol–water partition coefficient (Wildman–Crippen LogP) is 3.50. The molecule has 0 fully saturated rings. The third kappa shape index (κ3) is 2.81. The number of ketones is 1. The van der Waals surface area contributed by atoms with E-state index in [1.165, 1.54) is 6.33 Å². The van der Waals surface area contributed by atoms with Gasteiger partial charge >= 0.3 is 0 Å². The van der Waals surface area contributed by atoms with Gasteiger partial charge in [0.2, 0.25) is 5.95 Å². The molecule has 1 aliphatic heterocycles. The average molecular weight is 350 g/mol. The van der Waals surface area contributed by atoms with Crippen LogP contribution in [-0.4, -0.2) is 27.2 Å². The number of aromatic nitrogens is 3. The van der Waals surface area contributed by atoms with Crippen molar-refractivity contribution >= 4 is 11.7 Å². The molecule has 134 valence electrons. The van der Waals surface area contributed by atoms with Gasteiger partial charge in [-0.15, -0.1) is 0 Å². The second-order valence-electron chi connectivity index (χ2n) is 7.56. The minimum Gasteiger partial charge on any atom is -0.490 e. The zero-order valence-corrected chi connectivity index (χ0v) is 15.0. The number of carbonyl (C=O) groups excluding carboxylic acids is 1. The average Bonchev–Trinajstić information content (AvgIpc) is 3.05. The van der Waals surface area contributed by atoms with E-state index in [1.54, 1.807) is 10.8 Å². The number of allylic oxidation sites excluding steroid dienone is 2. The van der Waals surface area contributed by atoms with Crippen molar-refractivity contribution in [1.29, 1.82) is 0 Å². The van der Waals surface area contributed by atoms with Gasteiger partial charge in [-0.25, -0.2) is 4.68 Å². The Bertz CT molecular complexity index is 893. The van der Waals surface area contributed by atoms with Crippen LogP contribution in [0.15, 0.2) is 54.5 Å². The first-order chi connectivity index (χ1) is 12.5. The molecule has 1 atom stereocenters. The molecule has 6 nitrogen and oxygen atoms in total. The van der Waals surface area contributed by atoms with Crippen LogP contribution in [0.2, 0.25) is 0 Å². The summed E-state index contributed by atoms with van der Waals surface area (Å²) in [6.45, 7) is 8.36. The molecule has 1 N–H and O–H groups in total. The minimum atomic E-state index is -0.263. The van der Waals surface area contributed by atoms with Crippen LogP contribution < -0.4 is 10.1 Å². The highest BCUT2D eigenvalue weighted by molar-refractivity contribution is 6.00. The third-order valence-electron chi connectivity index (χ3n) is 4.84. The molecule has 1 aromatic heterocycles. The fraction of sp³-hybridized carbons (Fsp3) is 0.350. The van der Waals surface area contributed by atoms with Crippen LogP contribution in [0.5, 0.6) is 5.75 Å². The Hall–Kier alpha value is -2.89. The lowest BCUT2D eigenvalue weighted by atomic mass is 9.73. The zero-order valence-electron chi connectivity index (χ0n) is 15.0. The number of carbonyl (C=O) groups is 1. The monoisotopic (exact) mass is 350 g/mol. The van der Waals surface area contributed by atoms with E-state index in [0.29, 0.717) is 19.0 Å². The standard InChI is InChI=1S/C20H22N4O2/c1-4-9-26-14-7-5-13(6-8-14)18-17-15(10-20(2,3)11-16(17)25)23-19-21-12-22-24(18)19/h4-8,12,18H,1,9-11H2,2-3H3,(H,21,22,23)/t18-/m1/s1. The van der Waals surface area contributed by atoms with Crippen molar-refractivity contribution in [2.45, 2.75) is 32.7 Å². The SMILES string of the molecule is C=CCOc1ccc([C@@H]2C3=C(CC(C)(C)CC3=O)Nc3ncnn32)cc1. The molecular weight excluding hydrogens is 328 g/mol. The molecule has 0 saturated heterocycles. The molecule has 6 heteroatoms. The molecule has 0 radical (unpaired) electrons. The van der Waals surface area contributed by atoms with E-state index in [0.717, 1.165) is 29.0 Å². The third-order valence-corrected chi connectivity index (χ3v) is 4.84. The molecule has 1 aromatic carbocycles. The van der Waals surface area contributed by atoms with Crippen molar-refractivity contribution < 1.29 is 9.53 Å². The number of rotatable bonds is 4. The van der Waals surface area contributed by atoms with Gasteiger partial charge in [0.25, 0.3) is 0 Å². The Balaban J connectivity index is 1.77. The number of nitrogens with one attached hydrogen (secondary N) is 1. The first-order valence-electron chi connectivity index (χ1n) is 8.75. The molecule has 1 aliphatic carbocycles. The Morgan fingerprint density at radius 1 is 1.35 bits per heavy atom. The van der Waals surface area contributed by atoms with Crippen LogP contribution in [0.1, 0.15) is 38.3 Å². The molecule has 0 saturated carbocycles. The van der Waals surface area contributed by atoms with Crippen molar-refractivity contribution in [3.63, 3.8) is 0 Å². The van der Waals surface area contributed by atoms with E-state index < -0.39 is 0 Å². The van der Waals surface area contributed by atoms with Crippen LogP contribution in [0.3, 0.4) is 0 Å². The van der Waals surface area contributed by atoms with Gasteiger partial charge in [0.15, 0.2) is 5.78 Å². The zero-order chi connectivity index (χ0) is 18.3. The van der Waals surface area contributed by atoms with Gasteiger partial charge in [-0.3, -0.25) is 4.79 Å². The van der Waals surface area contributed by atoms with Crippen LogP contribution in [0, 0.1) is 5.41 Å². The van der Waals surface area contributed by atoms with Crippen LogP contribution in [0.4, 0.5) is 5.95 Å². The molecule has 0 unspecified atom stereocenters. The second-order valence-corrected chi connectivity index (χ2v) is 7.56. The van der Waals surface area contributed by atoms with Crippen LogP contribution >= 0.6 is 0 Å². The van der Waals surface area contributed by atoms with Gasteiger partial charge in [-0.1, -0.05) is 38.6 Å². The van der Waals surface area contributed by atoms with E-state index in [1.807, 2.05) is 24.3 Å². The number of anilines is 1. The number of nitrogens with zero attached hydrogens (tertiary/aromatic N) is 3. The lowest BCUT2D eigenvalue weighted by Crippen LogP contribution is -2.36. The fourth-order valence-electron chi connectivity index (χ4n) is 3.76. The number of fused-ring (bicyclic) bond motifs is 1. The number of benzene rings is 1. The smallest absolute Gasteiger partial charge is 0.226 e. The molecule has 26 heavy (non-hydrogen) atoms. The summed E-state index contributed by atoms with van der Waals surface area (Å²) in [6.07, 6.45) is 4.58. The summed E-state index contributed by atoms with van der Waals surface area (Å²) in [5.74, 6) is 1.61. The number of ether oxygens (including phenoxy) is 1. The summed E-state index contributed by atoms with van der Waals surface area (Å²) in [4.78, 5) is 17.3. The summed E-state index contributed by atoms with van der Waals surface area (Å²) < 4.78 is 7.35. The largest absolute Gasteiger partial charge is 0.490 e. The maximum Gasteiger partial charge on any atom is 0.226 e. The predicted molar refractivity (Wildman–Crippen MR) is 99.0 cm³/mol. The van der Waals surface area contributed by atoms with Crippen molar-refractivity contribution in [1.82, 2.24) is 14.8 Å². The molecular formula is C20H22N4O2. The highest BCUT2D eigenvalue weighted by atomic mass is 16.5. The van der Waals surface area contributed by atoms with E-state index in [4.69, 9.17) is 4.74 Å². The maximum absolute atomic E-state index is 13.0. The summed E-state index contributed by atoms with van der Waals surface area (Å²) in [6, 6.07) is 7.53. The van der Waals surface area contributed by atoms with E-state index in [9.17, 15) is 4.79 Å². The lowest BCUT2D eigenvalue weighted by molar-refractivity contribution is -0.118. The van der Waals surface area contributed by atoms with Crippen molar-refractivity contribution in [2.24, 2.45) is 5.41 Å². The van der Waals surface area contributed by atoms with Gasteiger partial charge < -0.3 is 10.1 Å². The maximum atomic E-state index is 13.0. The Morgan fingerprint density at radius 2 is 2.12 bits per heavy atom. The Labute approximate surface area is 152 Å². The van der Waals surface area contributed by atoms with Crippen molar-refractivity contribution in [2.75, 3.05) is 11.9 Å². The second kappa shape index (κ2) is 6.12. The molecule has 0 spiro atoms. The Morgan fingerprint density at radius 3 is 2.85 bits per heavy atom. The summed E-state index contributed by atoms with van der Waals surface area (Å²) in [5, 5.41) is 7.68. The number of hydrogen-bond donors (Lipinski definition) is 1. The quantitative estimate of drug-likeness (QED) is 0.855. The van der Waals surface area contributed by atoms with E-state index >= 15 is 0 Å². The van der Waals surface area contributed by atoms with Gasteiger partial charge in [0.05, 0.1) is 0 Å². The van der Waals surface area contributed by atoms with E-state index in [-0.39, 0.29) is 17.2 Å². The highest BCUT2D eigenvalue weighted by Crippen LogP contribution is 2.45. The Kier molecular flexibility index (Phi) is 3.90. The highest BCUT2D eigenvalue weighted by Gasteiger charge is 2.41. The molecule has 0 bridgehead atoms. The number of hydrogen-bond acceptors (Lipinski definition) is 5. The summed E-state index contributed by atoms with van der Waals surface area (Å²) in [5.41, 5.74) is 2.69. The first-order valence-corrected chi connectivity index (χ1v) is 8.75. The van der Waals surface area contributed by atoms with Gasteiger partial charge in [-0.05, 0) is 29.5 Å². The number of Topliss-reactive ketones (excluding diaryl/α,β-unsaturated/α-hetero) is 1. The molecule has 2 heterocycles. The molecule has 2 aromatic rings. The molecule has 2 aliphatic rings. The first kappa shape index (κ1) is 16.6. The van der Waals surface area contributed by atoms with Crippen molar-refractivity contribution in [3.05, 3.63) is 60.1 Å². The molecule has 0 amide bonds. The normalized spacial score (nSPS) is 20.8. The van der Waals surface area contributed by atoms with Gasteiger partial charge in [0.1, 0.15) is 24.7 Å². The van der Waals surface area contributed by atoms with Crippen molar-refractivity contribution in [3.8, 4) is 5.75 Å². The lowest BCUT2D eigenvalue weighted by Gasteiger charge is -2.38. The fourth-order valence-corrected chi connectivity index (χ4v) is 3.76. The van der Waals surface area contributed by atoms with E-state index in [2.05, 4.69) is 35.8 Å². The minimum absolute atomic E-state index is 0.0575.